The maximum atomic E-state index is 12.6. The first-order valence-corrected chi connectivity index (χ1v) is 13.6. The van der Waals surface area contributed by atoms with Gasteiger partial charge in [0.25, 0.3) is 0 Å². The smallest absolute Gasteiger partial charge is 0.343 e. The van der Waals surface area contributed by atoms with Crippen LogP contribution in [0.3, 0.4) is 0 Å². The van der Waals surface area contributed by atoms with Crippen LogP contribution in [-0.2, 0) is 11.2 Å². The average Bonchev–Trinajstić information content (AvgIpc) is 2.90. The quantitative estimate of drug-likeness (QED) is 0.210. The van der Waals surface area contributed by atoms with Crippen molar-refractivity contribution in [2.75, 3.05) is 0 Å². The van der Waals surface area contributed by atoms with Crippen LogP contribution in [0.15, 0.2) is 61.2 Å². The molecule has 3 nitrogen and oxygen atoms in total. The van der Waals surface area contributed by atoms with E-state index in [1.165, 1.54) is 75.8 Å². The molecule has 0 spiro atoms. The van der Waals surface area contributed by atoms with Gasteiger partial charge in [-0.1, -0.05) is 63.5 Å². The summed E-state index contributed by atoms with van der Waals surface area (Å²) in [5.41, 5.74) is 2.79. The van der Waals surface area contributed by atoms with Gasteiger partial charge < -0.3 is 4.74 Å². The second-order valence-corrected chi connectivity index (χ2v) is 10.7. The molecule has 186 valence electrons. The monoisotopic (exact) mass is 472 g/mol. The Morgan fingerprint density at radius 1 is 0.857 bits per heavy atom. The van der Waals surface area contributed by atoms with Gasteiger partial charge in [-0.15, -0.1) is 0 Å². The number of esters is 1. The van der Waals surface area contributed by atoms with Crippen molar-refractivity contribution in [3.05, 3.63) is 77.9 Å². The first kappa shape index (κ1) is 25.4. The Morgan fingerprint density at radius 2 is 1.46 bits per heavy atom. The van der Waals surface area contributed by atoms with E-state index in [4.69, 9.17) is 4.74 Å². The predicted molar refractivity (Wildman–Crippen MR) is 142 cm³/mol. The van der Waals surface area contributed by atoms with E-state index in [0.29, 0.717) is 23.7 Å². The molecule has 0 amide bonds. The Kier molecular flexibility index (Phi) is 8.95. The topological polar surface area (TPSA) is 43.4 Å². The highest BCUT2D eigenvalue weighted by atomic mass is 16.5. The molecule has 2 fully saturated rings. The third-order valence-corrected chi connectivity index (χ3v) is 8.38. The number of carbonyl (C=O) groups excluding carboxylic acids is 2. The minimum absolute atomic E-state index is 0.0298. The van der Waals surface area contributed by atoms with Crippen LogP contribution in [0.25, 0.3) is 0 Å². The van der Waals surface area contributed by atoms with Gasteiger partial charge in [0, 0.05) is 6.42 Å². The highest BCUT2D eigenvalue weighted by molar-refractivity contribution is 5.91. The Bertz CT molecular complexity index is 972. The number of allylic oxidation sites excluding steroid dienone is 1. The SMILES string of the molecule is C=CC(=O)Cc1ccc(OC(=O)c2ccc(C3CCC(C4CCC(CCC)CC4)CC3)cc2)cc1. The van der Waals surface area contributed by atoms with Crippen LogP contribution < -0.4 is 4.74 Å². The highest BCUT2D eigenvalue weighted by Crippen LogP contribution is 2.44. The number of ketones is 1. The molecule has 2 aromatic rings. The van der Waals surface area contributed by atoms with Gasteiger partial charge in [-0.25, -0.2) is 4.79 Å². The number of ether oxygens (including phenoxy) is 1. The molecule has 0 bridgehead atoms. The molecule has 35 heavy (non-hydrogen) atoms. The zero-order chi connectivity index (χ0) is 24.6. The summed E-state index contributed by atoms with van der Waals surface area (Å²) in [5.74, 6) is 3.58. The number of carbonyl (C=O) groups is 2. The van der Waals surface area contributed by atoms with Crippen LogP contribution in [0.2, 0.25) is 0 Å². The molecule has 0 N–H and O–H groups in total. The number of rotatable bonds is 9. The van der Waals surface area contributed by atoms with Crippen LogP contribution in [0, 0.1) is 17.8 Å². The van der Waals surface area contributed by atoms with E-state index in [-0.39, 0.29) is 11.8 Å². The minimum atomic E-state index is -0.353. The van der Waals surface area contributed by atoms with Crippen LogP contribution in [0.5, 0.6) is 5.75 Å². The van der Waals surface area contributed by atoms with Gasteiger partial charge in [-0.05, 0) is 104 Å². The van der Waals surface area contributed by atoms with E-state index in [1.54, 1.807) is 24.3 Å². The van der Waals surface area contributed by atoms with Crippen molar-refractivity contribution >= 4 is 11.8 Å². The maximum Gasteiger partial charge on any atom is 0.343 e. The van der Waals surface area contributed by atoms with Gasteiger partial charge in [0.15, 0.2) is 5.78 Å². The molecule has 2 aliphatic rings. The summed E-state index contributed by atoms with van der Waals surface area (Å²) < 4.78 is 5.53. The van der Waals surface area contributed by atoms with Gasteiger partial charge in [0.05, 0.1) is 5.56 Å². The van der Waals surface area contributed by atoms with Gasteiger partial charge >= 0.3 is 5.97 Å². The summed E-state index contributed by atoms with van der Waals surface area (Å²) >= 11 is 0. The molecule has 0 heterocycles. The van der Waals surface area contributed by atoms with Crippen molar-refractivity contribution < 1.29 is 14.3 Å². The Hall–Kier alpha value is -2.68. The van der Waals surface area contributed by atoms with E-state index < -0.39 is 0 Å². The molecule has 0 atom stereocenters. The van der Waals surface area contributed by atoms with Crippen LogP contribution in [0.1, 0.15) is 98.5 Å². The van der Waals surface area contributed by atoms with E-state index in [9.17, 15) is 9.59 Å². The second-order valence-electron chi connectivity index (χ2n) is 10.7. The lowest BCUT2D eigenvalue weighted by Crippen LogP contribution is -2.25. The van der Waals surface area contributed by atoms with E-state index in [1.807, 2.05) is 12.1 Å². The fourth-order valence-electron chi connectivity index (χ4n) is 6.29. The molecule has 2 saturated carbocycles. The summed E-state index contributed by atoms with van der Waals surface area (Å²) in [6, 6.07) is 15.1. The fraction of sp³-hybridized carbons (Fsp3) is 0.500. The Balaban J connectivity index is 1.25. The lowest BCUT2D eigenvalue weighted by atomic mass is 9.68. The van der Waals surface area contributed by atoms with Gasteiger partial charge in [-0.3, -0.25) is 4.79 Å². The van der Waals surface area contributed by atoms with Crippen LogP contribution in [-0.4, -0.2) is 11.8 Å². The summed E-state index contributed by atoms with van der Waals surface area (Å²) in [4.78, 5) is 24.1. The largest absolute Gasteiger partial charge is 0.423 e. The van der Waals surface area contributed by atoms with Crippen LogP contribution >= 0.6 is 0 Å². The molecular weight excluding hydrogens is 432 g/mol. The summed E-state index contributed by atoms with van der Waals surface area (Å²) in [6.45, 7) is 5.81. The van der Waals surface area contributed by atoms with Crippen molar-refractivity contribution in [2.24, 2.45) is 17.8 Å². The van der Waals surface area contributed by atoms with E-state index in [0.717, 1.165) is 23.3 Å². The molecule has 0 unspecified atom stereocenters. The van der Waals surface area contributed by atoms with Gasteiger partial charge in [-0.2, -0.15) is 0 Å². The third kappa shape index (κ3) is 6.93. The van der Waals surface area contributed by atoms with Crippen LogP contribution in [0.4, 0.5) is 0 Å². The Labute approximate surface area is 211 Å². The van der Waals surface area contributed by atoms with Gasteiger partial charge in [0.1, 0.15) is 5.75 Å². The molecule has 0 radical (unpaired) electrons. The maximum absolute atomic E-state index is 12.6. The lowest BCUT2D eigenvalue weighted by Gasteiger charge is -2.38. The summed E-state index contributed by atoms with van der Waals surface area (Å²) in [6.07, 6.45) is 15.4. The molecule has 0 aliphatic heterocycles. The molecular formula is C32H40O3. The highest BCUT2D eigenvalue weighted by Gasteiger charge is 2.31. The van der Waals surface area contributed by atoms with Crippen molar-refractivity contribution in [3.63, 3.8) is 0 Å². The second kappa shape index (κ2) is 12.3. The first-order chi connectivity index (χ1) is 17.1. The minimum Gasteiger partial charge on any atom is -0.423 e. The molecule has 2 aromatic carbocycles. The van der Waals surface area contributed by atoms with Crippen molar-refractivity contribution in [2.45, 2.75) is 83.5 Å². The standard InChI is InChI=1S/C32H40O3/c1-3-5-23-6-10-25(11-7-23)26-12-14-27(15-13-26)28-16-18-29(19-17-28)32(34)35-31-20-8-24(9-21-31)22-30(33)4-2/h4,8-9,16-21,23,25-27H,2-3,5-7,10-15,22H2,1H3. The van der Waals surface area contributed by atoms with E-state index >= 15 is 0 Å². The number of hydrogen-bond acceptors (Lipinski definition) is 3. The molecule has 4 rings (SSSR count). The number of benzene rings is 2. The molecule has 0 saturated heterocycles. The van der Waals surface area contributed by atoms with Crippen molar-refractivity contribution in [1.82, 2.24) is 0 Å². The molecule has 3 heteroatoms. The first-order valence-electron chi connectivity index (χ1n) is 13.6. The van der Waals surface area contributed by atoms with Gasteiger partial charge in [0.2, 0.25) is 0 Å². The molecule has 0 aromatic heterocycles. The zero-order valence-corrected chi connectivity index (χ0v) is 21.2. The van der Waals surface area contributed by atoms with Crippen molar-refractivity contribution in [3.8, 4) is 5.75 Å². The number of hydrogen-bond donors (Lipinski definition) is 0. The lowest BCUT2D eigenvalue weighted by molar-refractivity contribution is -0.114. The zero-order valence-electron chi connectivity index (χ0n) is 21.2. The third-order valence-electron chi connectivity index (χ3n) is 8.38. The predicted octanol–water partition coefficient (Wildman–Crippen LogP) is 8.08. The normalized spacial score (nSPS) is 24.5. The van der Waals surface area contributed by atoms with Crippen molar-refractivity contribution in [1.29, 1.82) is 0 Å². The van der Waals surface area contributed by atoms with E-state index in [2.05, 4.69) is 25.6 Å². The summed E-state index contributed by atoms with van der Waals surface area (Å²) in [7, 11) is 0. The average molecular weight is 473 g/mol. The summed E-state index contributed by atoms with van der Waals surface area (Å²) in [5, 5.41) is 0. The molecule has 2 aliphatic carbocycles. The fourth-order valence-corrected chi connectivity index (χ4v) is 6.29. The Morgan fingerprint density at radius 3 is 2.03 bits per heavy atom.